The molecule has 0 radical (unpaired) electrons. The van der Waals surface area contributed by atoms with E-state index in [-0.39, 0.29) is 0 Å². The van der Waals surface area contributed by atoms with Gasteiger partial charge < -0.3 is 0 Å². The van der Waals surface area contributed by atoms with Crippen molar-refractivity contribution in [2.45, 2.75) is 0 Å². The highest BCUT2D eigenvalue weighted by molar-refractivity contribution is 7.27. The van der Waals surface area contributed by atoms with Crippen LogP contribution in [0.25, 0.3) is 203 Å². The Bertz CT molecular complexity index is 6500. The second kappa shape index (κ2) is 20.7. The number of thiophene rings is 3. The highest BCUT2D eigenvalue weighted by atomic mass is 32.1. The average Bonchev–Trinajstić information content (AvgIpc) is 1.18. The molecular weight excluding hydrogens is 1180 g/mol. The van der Waals surface area contributed by atoms with Crippen LogP contribution >= 0.6 is 34.0 Å². The number of benzene rings is 17. The highest BCUT2D eigenvalue weighted by Gasteiger charge is 2.21. The van der Waals surface area contributed by atoms with Crippen molar-refractivity contribution in [3.8, 4) is 77.9 Å². The van der Waals surface area contributed by atoms with Gasteiger partial charge in [-0.3, -0.25) is 0 Å². The standard InChI is InChI=1S/C90H52S3/c1-2-18-53(19-3-1)80-51-61(56-41-44-74-73-43-40-55(48-81(73)70-28-8-9-29-71(70)82(74)49-56)54-20-12-21-57(46-54)62-31-14-35-76-75-30-10-11-39-85(75)91-86(62)76)52-84-79-38-17-33-64(89(79)93-90(80)84)59-23-13-22-58(47-59)63-32-15-36-77-78-37-16-34-65(88(78)92-87(63)77)60-42-45-72-68-26-5-4-24-66(68)67-25-6-7-27-69(67)83(72)50-60/h1-52H. The lowest BCUT2D eigenvalue weighted by Crippen LogP contribution is -1.88. The molecule has 0 amide bonds. The summed E-state index contributed by atoms with van der Waals surface area (Å²) in [7, 11) is 0. The molecule has 0 bridgehead atoms. The summed E-state index contributed by atoms with van der Waals surface area (Å²) in [5.41, 5.74) is 17.3. The van der Waals surface area contributed by atoms with Gasteiger partial charge in [-0.05, 0) is 185 Å². The molecule has 0 saturated carbocycles. The largest absolute Gasteiger partial charge is 0.135 e. The Hall–Kier alpha value is -11.0. The van der Waals surface area contributed by atoms with Crippen molar-refractivity contribution in [2.75, 3.05) is 0 Å². The zero-order valence-corrected chi connectivity index (χ0v) is 52.7. The molecule has 3 heterocycles. The van der Waals surface area contributed by atoms with Gasteiger partial charge in [0.2, 0.25) is 0 Å². The maximum absolute atomic E-state index is 2.46. The molecule has 0 spiro atoms. The molecule has 20 rings (SSSR count). The topological polar surface area (TPSA) is 0 Å². The normalized spacial score (nSPS) is 12.1. The number of hydrogen-bond donors (Lipinski definition) is 0. The van der Waals surface area contributed by atoms with E-state index in [0.29, 0.717) is 0 Å². The highest BCUT2D eigenvalue weighted by Crippen LogP contribution is 2.50. The van der Waals surface area contributed by atoms with E-state index in [2.05, 4.69) is 315 Å². The molecule has 3 heteroatoms. The van der Waals surface area contributed by atoms with E-state index in [1.165, 1.54) is 203 Å². The fourth-order valence-corrected chi connectivity index (χ4v) is 19.5. The minimum atomic E-state index is 1.21. The van der Waals surface area contributed by atoms with Crippen LogP contribution in [0.1, 0.15) is 0 Å². The summed E-state index contributed by atoms with van der Waals surface area (Å²) in [6, 6.07) is 119. The predicted molar refractivity (Wildman–Crippen MR) is 408 cm³/mol. The minimum Gasteiger partial charge on any atom is -0.135 e. The van der Waals surface area contributed by atoms with Gasteiger partial charge in [0.1, 0.15) is 0 Å². The van der Waals surface area contributed by atoms with Gasteiger partial charge in [-0.15, -0.1) is 34.0 Å². The fourth-order valence-electron chi connectivity index (χ4n) is 15.5. The summed E-state index contributed by atoms with van der Waals surface area (Å²) in [6.07, 6.45) is 0. The van der Waals surface area contributed by atoms with Crippen LogP contribution in [0.5, 0.6) is 0 Å². The summed E-state index contributed by atoms with van der Waals surface area (Å²) in [5, 5.41) is 23.2. The Morgan fingerprint density at radius 3 is 0.925 bits per heavy atom. The monoisotopic (exact) mass is 1230 g/mol. The summed E-state index contributed by atoms with van der Waals surface area (Å²) in [6.45, 7) is 0. The fraction of sp³-hybridized carbons (Fsp3) is 0. The van der Waals surface area contributed by atoms with Crippen LogP contribution in [0, 0.1) is 0 Å². The Morgan fingerprint density at radius 1 is 0.129 bits per heavy atom. The Labute approximate surface area is 548 Å². The van der Waals surface area contributed by atoms with Gasteiger partial charge in [0.05, 0.1) is 0 Å². The number of rotatable bonds is 7. The molecule has 17 aromatic carbocycles. The van der Waals surface area contributed by atoms with E-state index in [1.807, 2.05) is 34.0 Å². The lowest BCUT2D eigenvalue weighted by molar-refractivity contribution is 1.63. The quantitative estimate of drug-likeness (QED) is 0.140. The van der Waals surface area contributed by atoms with Gasteiger partial charge in [-0.1, -0.05) is 267 Å². The first-order chi connectivity index (χ1) is 46.1. The number of fused-ring (bicyclic) bond motifs is 21. The first kappa shape index (κ1) is 52.7. The van der Waals surface area contributed by atoms with Crippen molar-refractivity contribution in [2.24, 2.45) is 0 Å². The Morgan fingerprint density at radius 2 is 0.419 bits per heavy atom. The molecule has 3 aromatic heterocycles. The Kier molecular flexibility index (Phi) is 11.8. The van der Waals surface area contributed by atoms with E-state index in [4.69, 9.17) is 0 Å². The van der Waals surface area contributed by atoms with Crippen LogP contribution in [0.3, 0.4) is 0 Å². The molecule has 0 N–H and O–H groups in total. The smallest absolute Gasteiger partial charge is 0.0434 e. The van der Waals surface area contributed by atoms with Crippen LogP contribution in [0.2, 0.25) is 0 Å². The van der Waals surface area contributed by atoms with Gasteiger partial charge in [-0.2, -0.15) is 0 Å². The molecular formula is C90H52S3. The Balaban J connectivity index is 0.684. The SMILES string of the molecule is c1ccc(-c2cc(-c3ccc4c5ccc(-c6cccc(-c7cccc8c7sc7ccccc78)c6)cc5c5ccccc5c4c3)cc3c2sc2c(-c4cccc(-c5cccc6c5sc5c(-c7ccc8c9ccccc9c9ccccc9c8c7)cccc56)c4)cccc23)cc1. The van der Waals surface area contributed by atoms with E-state index >= 15 is 0 Å². The molecule has 0 nitrogen and oxygen atoms in total. The minimum absolute atomic E-state index is 1.21. The molecule has 430 valence electrons. The van der Waals surface area contributed by atoms with Crippen LogP contribution in [0.4, 0.5) is 0 Å². The lowest BCUT2D eigenvalue weighted by atomic mass is 9.89. The summed E-state index contributed by atoms with van der Waals surface area (Å²) in [5.74, 6) is 0. The zero-order chi connectivity index (χ0) is 60.8. The third kappa shape index (κ3) is 8.21. The maximum Gasteiger partial charge on any atom is 0.0434 e. The first-order valence-corrected chi connectivity index (χ1v) is 34.4. The summed E-state index contributed by atoms with van der Waals surface area (Å²) >= 11 is 5.74. The van der Waals surface area contributed by atoms with Crippen molar-refractivity contribution in [3.05, 3.63) is 315 Å². The van der Waals surface area contributed by atoms with Crippen LogP contribution in [-0.4, -0.2) is 0 Å². The van der Waals surface area contributed by atoms with E-state index < -0.39 is 0 Å². The maximum atomic E-state index is 2.46. The van der Waals surface area contributed by atoms with Gasteiger partial charge in [-0.25, -0.2) is 0 Å². The molecule has 0 aliphatic heterocycles. The van der Waals surface area contributed by atoms with Gasteiger partial charge >= 0.3 is 0 Å². The second-order valence-electron chi connectivity index (χ2n) is 24.9. The molecule has 0 aliphatic carbocycles. The van der Waals surface area contributed by atoms with Crippen molar-refractivity contribution in [1.82, 2.24) is 0 Å². The van der Waals surface area contributed by atoms with Gasteiger partial charge in [0.25, 0.3) is 0 Å². The van der Waals surface area contributed by atoms with Crippen molar-refractivity contribution in [3.63, 3.8) is 0 Å². The first-order valence-electron chi connectivity index (χ1n) is 31.9. The molecule has 20 aromatic rings. The molecule has 0 atom stereocenters. The molecule has 93 heavy (non-hydrogen) atoms. The lowest BCUT2D eigenvalue weighted by Gasteiger charge is -2.15. The van der Waals surface area contributed by atoms with E-state index in [0.717, 1.165) is 0 Å². The summed E-state index contributed by atoms with van der Waals surface area (Å²) in [4.78, 5) is 0. The molecule has 0 saturated heterocycles. The second-order valence-corrected chi connectivity index (χ2v) is 28.0. The van der Waals surface area contributed by atoms with E-state index in [1.54, 1.807) is 0 Å². The van der Waals surface area contributed by atoms with Crippen molar-refractivity contribution in [1.29, 1.82) is 0 Å². The van der Waals surface area contributed by atoms with Crippen LogP contribution < -0.4 is 0 Å². The molecule has 0 fully saturated rings. The van der Waals surface area contributed by atoms with Crippen molar-refractivity contribution >= 4 is 159 Å². The van der Waals surface area contributed by atoms with Crippen molar-refractivity contribution < 1.29 is 0 Å². The van der Waals surface area contributed by atoms with Gasteiger partial charge in [0.15, 0.2) is 0 Å². The third-order valence-corrected chi connectivity index (χ3v) is 23.6. The van der Waals surface area contributed by atoms with Crippen LogP contribution in [-0.2, 0) is 0 Å². The predicted octanol–water partition coefficient (Wildman–Crippen LogP) is 27.4. The zero-order valence-electron chi connectivity index (χ0n) is 50.2. The average molecular weight is 1230 g/mol. The number of hydrogen-bond acceptors (Lipinski definition) is 3. The van der Waals surface area contributed by atoms with E-state index in [9.17, 15) is 0 Å². The van der Waals surface area contributed by atoms with Crippen LogP contribution in [0.15, 0.2) is 315 Å². The third-order valence-electron chi connectivity index (χ3n) is 19.8. The summed E-state index contributed by atoms with van der Waals surface area (Å²) < 4.78 is 7.90. The molecule has 0 unspecified atom stereocenters. The van der Waals surface area contributed by atoms with Gasteiger partial charge in [0, 0.05) is 66.1 Å². The molecule has 0 aliphatic rings.